The molecule has 9 nitrogen and oxygen atoms in total. The Hall–Kier alpha value is -3.95. The Morgan fingerprint density at radius 2 is 1.83 bits per heavy atom. The van der Waals surface area contributed by atoms with Crippen molar-refractivity contribution in [3.8, 4) is 11.4 Å². The van der Waals surface area contributed by atoms with Gasteiger partial charge >= 0.3 is 0 Å². The lowest BCUT2D eigenvalue weighted by Gasteiger charge is -2.36. The summed E-state index contributed by atoms with van der Waals surface area (Å²) in [6.45, 7) is 7.75. The average Bonchev–Trinajstić information content (AvgIpc) is 2.98. The Bertz CT molecular complexity index is 1580. The zero-order valence-corrected chi connectivity index (χ0v) is 23.8. The summed E-state index contributed by atoms with van der Waals surface area (Å²) in [4.78, 5) is 34.3. The van der Waals surface area contributed by atoms with Crippen LogP contribution in [0.2, 0.25) is 0 Å². The fourth-order valence-electron chi connectivity index (χ4n) is 5.89. The molecule has 5 heterocycles. The Balaban J connectivity index is 1.20. The van der Waals surface area contributed by atoms with Crippen molar-refractivity contribution in [3.05, 3.63) is 76.9 Å². The number of aliphatic hydroxyl groups excluding tert-OH is 1. The number of hydrogen-bond donors (Lipinski definition) is 2. The highest BCUT2D eigenvalue weighted by Crippen LogP contribution is 2.28. The van der Waals surface area contributed by atoms with Crippen LogP contribution in [-0.4, -0.2) is 56.2 Å². The molecule has 212 valence electrons. The minimum atomic E-state index is -0.644. The lowest BCUT2D eigenvalue weighted by Crippen LogP contribution is -2.45. The normalized spacial score (nSPS) is 19.6. The molecule has 4 aromatic rings. The van der Waals surface area contributed by atoms with E-state index in [0.29, 0.717) is 11.4 Å². The van der Waals surface area contributed by atoms with Gasteiger partial charge in [-0.3, -0.25) is 9.78 Å². The van der Waals surface area contributed by atoms with E-state index in [2.05, 4.69) is 34.0 Å². The van der Waals surface area contributed by atoms with Crippen LogP contribution in [0.25, 0.3) is 22.3 Å². The zero-order valence-electron chi connectivity index (χ0n) is 23.8. The smallest absolute Gasteiger partial charge is 0.270 e. The number of anilines is 1. The third-order valence-electron chi connectivity index (χ3n) is 7.82. The van der Waals surface area contributed by atoms with Gasteiger partial charge in [-0.05, 0) is 94.0 Å². The van der Waals surface area contributed by atoms with Gasteiger partial charge in [-0.25, -0.2) is 15.0 Å². The monoisotopic (exact) mass is 552 g/mol. The molecule has 0 aromatic carbocycles. The molecule has 1 aliphatic carbocycles. The Morgan fingerprint density at radius 1 is 1.05 bits per heavy atom. The molecule has 1 amide bonds. The standard InChI is InChI=1S/C32H36N6O3/c1-19-17-38(18-20(2)41-19)31-10-6-9-27(37-31)28-12-11-22-15-33-23(13-29(22)36-28)16-34-32(40)30-14-25(21(3)39)24-7-4-5-8-26(24)35-30/h6,9-15,19-21,39H,4-5,7-8,16-18H2,1-3H3,(H,34,40)/t19-,20?,21?/m1/s1. The average molecular weight is 553 g/mol. The Kier molecular flexibility index (Phi) is 7.64. The van der Waals surface area contributed by atoms with Crippen molar-refractivity contribution in [2.45, 2.75) is 71.3 Å². The second kappa shape index (κ2) is 11.5. The van der Waals surface area contributed by atoms with Gasteiger partial charge in [0.05, 0.1) is 47.5 Å². The highest BCUT2D eigenvalue weighted by Gasteiger charge is 2.24. The lowest BCUT2D eigenvalue weighted by molar-refractivity contribution is -0.00545. The molecule has 0 saturated carbocycles. The number of pyridine rings is 4. The topological polar surface area (TPSA) is 113 Å². The highest BCUT2D eigenvalue weighted by molar-refractivity contribution is 5.92. The lowest BCUT2D eigenvalue weighted by atomic mass is 9.90. The SMILES string of the molecule is CC1CN(c2cccc(-c3ccc4cnc(CNC(=O)c5cc(C(C)O)c6c(n5)CCCC6)cc4n3)n2)C[C@@H](C)O1. The molecule has 0 bridgehead atoms. The van der Waals surface area contributed by atoms with Crippen LogP contribution < -0.4 is 10.2 Å². The number of aromatic nitrogens is 4. The maximum absolute atomic E-state index is 13.1. The van der Waals surface area contributed by atoms with E-state index in [4.69, 9.17) is 14.7 Å². The van der Waals surface area contributed by atoms with Gasteiger partial charge < -0.3 is 20.1 Å². The van der Waals surface area contributed by atoms with E-state index in [1.54, 1.807) is 19.2 Å². The molecule has 0 radical (unpaired) electrons. The molecule has 2 unspecified atom stereocenters. The Labute approximate surface area is 240 Å². The summed E-state index contributed by atoms with van der Waals surface area (Å²) in [7, 11) is 0. The molecule has 2 aliphatic rings. The van der Waals surface area contributed by atoms with Crippen LogP contribution in [0.1, 0.15) is 72.7 Å². The number of aryl methyl sites for hydroxylation is 1. The van der Waals surface area contributed by atoms with Gasteiger partial charge in [0.15, 0.2) is 0 Å². The molecule has 41 heavy (non-hydrogen) atoms. The zero-order chi connectivity index (χ0) is 28.5. The first-order chi connectivity index (χ1) is 19.8. The van der Waals surface area contributed by atoms with Crippen molar-refractivity contribution < 1.29 is 14.6 Å². The van der Waals surface area contributed by atoms with Crippen molar-refractivity contribution in [1.29, 1.82) is 0 Å². The van der Waals surface area contributed by atoms with Crippen molar-refractivity contribution in [2.75, 3.05) is 18.0 Å². The highest BCUT2D eigenvalue weighted by atomic mass is 16.5. The molecule has 1 saturated heterocycles. The van der Waals surface area contributed by atoms with E-state index >= 15 is 0 Å². The fraction of sp³-hybridized carbons (Fsp3) is 0.406. The number of rotatable bonds is 6. The van der Waals surface area contributed by atoms with Gasteiger partial charge in [-0.15, -0.1) is 0 Å². The summed E-state index contributed by atoms with van der Waals surface area (Å²) in [5.41, 5.74) is 6.21. The second-order valence-electron chi connectivity index (χ2n) is 11.2. The first kappa shape index (κ1) is 27.2. The quantitative estimate of drug-likeness (QED) is 0.358. The minimum Gasteiger partial charge on any atom is -0.389 e. The van der Waals surface area contributed by atoms with E-state index in [-0.39, 0.29) is 24.7 Å². The minimum absolute atomic E-state index is 0.151. The number of aliphatic hydroxyl groups is 1. The van der Waals surface area contributed by atoms with Crippen LogP contribution in [0.3, 0.4) is 0 Å². The number of amides is 1. The maximum atomic E-state index is 13.1. The molecule has 1 aliphatic heterocycles. The molecular weight excluding hydrogens is 516 g/mol. The van der Waals surface area contributed by atoms with Crippen molar-refractivity contribution >= 4 is 22.6 Å². The molecule has 4 aromatic heterocycles. The number of fused-ring (bicyclic) bond motifs is 2. The predicted molar refractivity (Wildman–Crippen MR) is 158 cm³/mol. The number of nitrogens with zero attached hydrogens (tertiary/aromatic N) is 5. The predicted octanol–water partition coefficient (Wildman–Crippen LogP) is 4.56. The molecule has 0 spiro atoms. The number of nitrogens with one attached hydrogen (secondary N) is 1. The van der Waals surface area contributed by atoms with Crippen molar-refractivity contribution in [3.63, 3.8) is 0 Å². The van der Waals surface area contributed by atoms with Crippen LogP contribution in [0.5, 0.6) is 0 Å². The summed E-state index contributed by atoms with van der Waals surface area (Å²) in [5, 5.41) is 14.2. The summed E-state index contributed by atoms with van der Waals surface area (Å²) < 4.78 is 5.88. The van der Waals surface area contributed by atoms with E-state index in [9.17, 15) is 9.90 Å². The van der Waals surface area contributed by atoms with E-state index in [0.717, 1.165) is 83.7 Å². The summed E-state index contributed by atoms with van der Waals surface area (Å²) in [5.74, 6) is 0.635. The van der Waals surface area contributed by atoms with E-state index < -0.39 is 6.10 Å². The van der Waals surface area contributed by atoms with E-state index in [1.807, 2.05) is 36.4 Å². The van der Waals surface area contributed by atoms with Gasteiger partial charge in [0, 0.05) is 30.4 Å². The van der Waals surface area contributed by atoms with Crippen LogP contribution >= 0.6 is 0 Å². The third-order valence-corrected chi connectivity index (χ3v) is 7.82. The number of hydrogen-bond acceptors (Lipinski definition) is 8. The number of carbonyl (C=O) groups is 1. The first-order valence-electron chi connectivity index (χ1n) is 14.5. The van der Waals surface area contributed by atoms with Gasteiger partial charge in [-0.2, -0.15) is 0 Å². The van der Waals surface area contributed by atoms with Gasteiger partial charge in [0.25, 0.3) is 5.91 Å². The summed E-state index contributed by atoms with van der Waals surface area (Å²) >= 11 is 0. The molecule has 2 N–H and O–H groups in total. The molecule has 3 atom stereocenters. The molecule has 6 rings (SSSR count). The van der Waals surface area contributed by atoms with E-state index in [1.165, 1.54) is 0 Å². The number of carbonyl (C=O) groups excluding carboxylic acids is 1. The van der Waals surface area contributed by atoms with Crippen LogP contribution in [-0.2, 0) is 24.1 Å². The molecule has 1 fully saturated rings. The van der Waals surface area contributed by atoms with Crippen molar-refractivity contribution in [1.82, 2.24) is 25.3 Å². The summed E-state index contributed by atoms with van der Waals surface area (Å²) in [6, 6.07) is 13.6. The third kappa shape index (κ3) is 5.92. The van der Waals surface area contributed by atoms with Crippen LogP contribution in [0.4, 0.5) is 5.82 Å². The van der Waals surface area contributed by atoms with Gasteiger partial charge in [0.2, 0.25) is 0 Å². The van der Waals surface area contributed by atoms with Gasteiger partial charge in [-0.1, -0.05) is 6.07 Å². The number of ether oxygens (including phenoxy) is 1. The largest absolute Gasteiger partial charge is 0.389 e. The van der Waals surface area contributed by atoms with Crippen molar-refractivity contribution in [2.24, 2.45) is 0 Å². The summed E-state index contributed by atoms with van der Waals surface area (Å²) in [6.07, 6.45) is 5.29. The Morgan fingerprint density at radius 3 is 2.63 bits per heavy atom. The maximum Gasteiger partial charge on any atom is 0.270 e. The molecular formula is C32H36N6O3. The van der Waals surface area contributed by atoms with Gasteiger partial charge in [0.1, 0.15) is 11.5 Å². The second-order valence-corrected chi connectivity index (χ2v) is 11.2. The number of morpholine rings is 1. The van der Waals surface area contributed by atoms with Crippen LogP contribution in [0.15, 0.2) is 48.7 Å². The molecule has 9 heteroatoms. The fourth-order valence-corrected chi connectivity index (χ4v) is 5.89. The first-order valence-corrected chi connectivity index (χ1v) is 14.5. The van der Waals surface area contributed by atoms with Crippen LogP contribution in [0, 0.1) is 0 Å².